The zero-order valence-corrected chi connectivity index (χ0v) is 21.8. The smallest absolute Gasteiger partial charge is 0.0101 e. The van der Waals surface area contributed by atoms with Gasteiger partial charge in [-0.05, 0) is 63.2 Å². The minimum Gasteiger partial charge on any atom is -0.313 e. The third-order valence-electron chi connectivity index (χ3n) is 6.62. The van der Waals surface area contributed by atoms with E-state index in [0.29, 0.717) is 12.0 Å². The second-order valence-corrected chi connectivity index (χ2v) is 9.01. The van der Waals surface area contributed by atoms with Gasteiger partial charge < -0.3 is 10.2 Å². The highest BCUT2D eigenvalue weighted by atomic mass is 35.5. The molecular weight excluding hydrogens is 423 g/mol. The minimum atomic E-state index is 0. The zero-order valence-electron chi connectivity index (χ0n) is 20.1. The molecule has 4 heteroatoms. The summed E-state index contributed by atoms with van der Waals surface area (Å²) in [7, 11) is 2.26. The molecule has 2 rings (SSSR count). The maximum Gasteiger partial charge on any atom is 0.0101 e. The lowest BCUT2D eigenvalue weighted by atomic mass is 9.68. The van der Waals surface area contributed by atoms with Crippen molar-refractivity contribution in [3.8, 4) is 0 Å². The van der Waals surface area contributed by atoms with Gasteiger partial charge in [-0.25, -0.2) is 0 Å². The number of halogens is 2. The van der Waals surface area contributed by atoms with Crippen LogP contribution in [0, 0.1) is 5.92 Å². The number of nitrogens with one attached hydrogen (secondary N) is 1. The zero-order chi connectivity index (χ0) is 21.1. The molecule has 0 spiro atoms. The summed E-state index contributed by atoms with van der Waals surface area (Å²) in [5.74, 6) is 0.594. The van der Waals surface area contributed by atoms with E-state index >= 15 is 0 Å². The predicted molar refractivity (Wildman–Crippen MR) is 142 cm³/mol. The first kappa shape index (κ1) is 29.9. The Bertz CT molecular complexity index is 678. The lowest BCUT2D eigenvalue weighted by molar-refractivity contribution is 0.235. The maximum atomic E-state index is 3.82. The topological polar surface area (TPSA) is 15.3 Å². The van der Waals surface area contributed by atoms with E-state index in [4.69, 9.17) is 0 Å². The molecule has 2 atom stereocenters. The lowest BCUT2D eigenvalue weighted by Gasteiger charge is -2.40. The molecule has 0 saturated carbocycles. The molecule has 176 valence electrons. The number of hydrogen-bond acceptors (Lipinski definition) is 2. The molecule has 0 aliphatic rings. The summed E-state index contributed by atoms with van der Waals surface area (Å²) in [5.41, 5.74) is 3.10. The van der Waals surface area contributed by atoms with Crippen molar-refractivity contribution in [1.29, 1.82) is 0 Å². The molecule has 0 saturated heterocycles. The summed E-state index contributed by atoms with van der Waals surface area (Å²) in [5, 5.41) is 3.82. The number of rotatable bonds is 13. The van der Waals surface area contributed by atoms with Gasteiger partial charge in [-0.1, -0.05) is 81.4 Å². The average Bonchev–Trinajstić information content (AvgIpc) is 2.75. The standard InChI is InChI=1S/C27H42N2.2ClH/c1-6-24(4)28-22-27(23(2)3,26-16-11-8-12-17-26)19-13-20-29(5)21-18-25-14-9-7-10-15-25;;/h7-12,14-17,23-24,28H,6,13,18-22H2,1-5H3;2*1H. The first-order valence-corrected chi connectivity index (χ1v) is 11.5. The van der Waals surface area contributed by atoms with Crippen molar-refractivity contribution in [2.45, 2.75) is 64.8 Å². The fourth-order valence-corrected chi connectivity index (χ4v) is 4.17. The van der Waals surface area contributed by atoms with Crippen LogP contribution in [0.5, 0.6) is 0 Å². The summed E-state index contributed by atoms with van der Waals surface area (Å²) in [6.45, 7) is 12.7. The van der Waals surface area contributed by atoms with Gasteiger partial charge in [0.1, 0.15) is 0 Å². The van der Waals surface area contributed by atoms with Gasteiger partial charge in [-0.3, -0.25) is 0 Å². The molecule has 0 aromatic heterocycles. The lowest BCUT2D eigenvalue weighted by Crippen LogP contribution is -2.45. The van der Waals surface area contributed by atoms with Crippen molar-refractivity contribution in [1.82, 2.24) is 10.2 Å². The van der Waals surface area contributed by atoms with Crippen LogP contribution >= 0.6 is 24.8 Å². The van der Waals surface area contributed by atoms with Crippen molar-refractivity contribution in [3.05, 3.63) is 71.8 Å². The van der Waals surface area contributed by atoms with Gasteiger partial charge in [0.15, 0.2) is 0 Å². The molecule has 0 radical (unpaired) electrons. The van der Waals surface area contributed by atoms with Crippen LogP contribution in [0.25, 0.3) is 0 Å². The summed E-state index contributed by atoms with van der Waals surface area (Å²) in [4.78, 5) is 2.49. The summed E-state index contributed by atoms with van der Waals surface area (Å²) >= 11 is 0. The normalized spacial score (nSPS) is 13.9. The largest absolute Gasteiger partial charge is 0.313 e. The molecule has 2 aromatic rings. The fraction of sp³-hybridized carbons (Fsp3) is 0.556. The molecule has 0 heterocycles. The summed E-state index contributed by atoms with van der Waals surface area (Å²) in [6.07, 6.45) is 4.74. The van der Waals surface area contributed by atoms with Crippen LogP contribution in [0.4, 0.5) is 0 Å². The molecule has 0 bridgehead atoms. The van der Waals surface area contributed by atoms with Gasteiger partial charge in [0.25, 0.3) is 0 Å². The summed E-state index contributed by atoms with van der Waals surface area (Å²) in [6, 6.07) is 22.6. The number of likely N-dealkylation sites (N-methyl/N-ethyl adjacent to an activating group) is 1. The fourth-order valence-electron chi connectivity index (χ4n) is 4.17. The quantitative estimate of drug-likeness (QED) is 0.350. The Morgan fingerprint density at radius 2 is 1.45 bits per heavy atom. The van der Waals surface area contributed by atoms with E-state index in [0.717, 1.165) is 26.1 Å². The van der Waals surface area contributed by atoms with E-state index in [9.17, 15) is 0 Å². The number of hydrogen-bond donors (Lipinski definition) is 1. The molecule has 0 aliphatic heterocycles. The van der Waals surface area contributed by atoms with E-state index in [2.05, 4.69) is 106 Å². The highest BCUT2D eigenvalue weighted by Gasteiger charge is 2.35. The van der Waals surface area contributed by atoms with Crippen LogP contribution in [0.15, 0.2) is 60.7 Å². The van der Waals surface area contributed by atoms with Crippen molar-refractivity contribution in [3.63, 3.8) is 0 Å². The third-order valence-corrected chi connectivity index (χ3v) is 6.62. The van der Waals surface area contributed by atoms with Crippen LogP contribution < -0.4 is 5.32 Å². The average molecular weight is 468 g/mol. The van der Waals surface area contributed by atoms with Gasteiger partial charge in [0.05, 0.1) is 0 Å². The van der Waals surface area contributed by atoms with Crippen LogP contribution in [-0.2, 0) is 11.8 Å². The van der Waals surface area contributed by atoms with Gasteiger partial charge in [-0.15, -0.1) is 24.8 Å². The van der Waals surface area contributed by atoms with E-state index in [1.807, 2.05) is 0 Å². The van der Waals surface area contributed by atoms with Gasteiger partial charge in [-0.2, -0.15) is 0 Å². The maximum absolute atomic E-state index is 3.82. The van der Waals surface area contributed by atoms with Crippen molar-refractivity contribution < 1.29 is 0 Å². The van der Waals surface area contributed by atoms with Crippen LogP contribution in [0.1, 0.15) is 58.1 Å². The van der Waals surface area contributed by atoms with Crippen molar-refractivity contribution in [2.75, 3.05) is 26.7 Å². The van der Waals surface area contributed by atoms with Crippen LogP contribution in [-0.4, -0.2) is 37.6 Å². The second kappa shape index (κ2) is 15.7. The van der Waals surface area contributed by atoms with Gasteiger partial charge in [0, 0.05) is 24.5 Å². The van der Waals surface area contributed by atoms with Crippen molar-refractivity contribution in [2.24, 2.45) is 5.92 Å². The van der Waals surface area contributed by atoms with E-state index in [1.165, 1.54) is 30.4 Å². The molecule has 2 aromatic carbocycles. The number of benzene rings is 2. The first-order chi connectivity index (χ1) is 14.0. The number of nitrogens with zero attached hydrogens (tertiary/aromatic N) is 1. The monoisotopic (exact) mass is 466 g/mol. The minimum absolute atomic E-state index is 0. The molecule has 31 heavy (non-hydrogen) atoms. The SMILES string of the molecule is CCC(C)NCC(CCCN(C)CCc1ccccc1)(c1ccccc1)C(C)C.Cl.Cl. The van der Waals surface area contributed by atoms with E-state index < -0.39 is 0 Å². The Morgan fingerprint density at radius 3 is 2.00 bits per heavy atom. The molecule has 2 nitrogen and oxygen atoms in total. The first-order valence-electron chi connectivity index (χ1n) is 11.5. The Labute approximate surface area is 204 Å². The Kier molecular flexibility index (Phi) is 15.2. The second-order valence-electron chi connectivity index (χ2n) is 9.01. The highest BCUT2D eigenvalue weighted by Crippen LogP contribution is 2.36. The van der Waals surface area contributed by atoms with E-state index in [1.54, 1.807) is 0 Å². The van der Waals surface area contributed by atoms with Crippen LogP contribution in [0.2, 0.25) is 0 Å². The van der Waals surface area contributed by atoms with E-state index in [-0.39, 0.29) is 30.2 Å². The molecule has 1 N–H and O–H groups in total. The van der Waals surface area contributed by atoms with Gasteiger partial charge in [0.2, 0.25) is 0 Å². The predicted octanol–water partition coefficient (Wildman–Crippen LogP) is 6.77. The van der Waals surface area contributed by atoms with Crippen molar-refractivity contribution >= 4 is 24.8 Å². The highest BCUT2D eigenvalue weighted by molar-refractivity contribution is 5.85. The molecule has 2 unspecified atom stereocenters. The Balaban J connectivity index is 0.00000450. The summed E-state index contributed by atoms with van der Waals surface area (Å²) < 4.78 is 0. The molecule has 0 fully saturated rings. The Hall–Kier alpha value is -1.06. The molecule has 0 aliphatic carbocycles. The Morgan fingerprint density at radius 1 is 0.871 bits per heavy atom. The molecule has 0 amide bonds. The van der Waals surface area contributed by atoms with Crippen LogP contribution in [0.3, 0.4) is 0 Å². The molecular formula is C27H44Cl2N2. The third kappa shape index (κ3) is 9.53. The van der Waals surface area contributed by atoms with Gasteiger partial charge >= 0.3 is 0 Å².